The first kappa shape index (κ1) is 17.6. The normalized spacial score (nSPS) is 21.4. The lowest BCUT2D eigenvalue weighted by molar-refractivity contribution is -0.282. The van der Waals surface area contributed by atoms with Crippen molar-refractivity contribution in [2.24, 2.45) is 0 Å². The van der Waals surface area contributed by atoms with Crippen LogP contribution in [-0.4, -0.2) is 44.6 Å². The van der Waals surface area contributed by atoms with E-state index in [1.165, 1.54) is 0 Å². The van der Waals surface area contributed by atoms with Crippen LogP contribution in [0.25, 0.3) is 0 Å². The average molecular weight is 323 g/mol. The summed E-state index contributed by atoms with van der Waals surface area (Å²) in [6.07, 6.45) is -4.59. The molecule has 20 heavy (non-hydrogen) atoms. The van der Waals surface area contributed by atoms with Gasteiger partial charge in [0, 0.05) is 12.5 Å². The number of halogens is 5. The van der Waals surface area contributed by atoms with Crippen molar-refractivity contribution in [3.05, 3.63) is 0 Å². The van der Waals surface area contributed by atoms with Gasteiger partial charge in [0.2, 0.25) is 0 Å². The predicted octanol–water partition coefficient (Wildman–Crippen LogP) is 2.52. The molecule has 1 heterocycles. The van der Waals surface area contributed by atoms with Crippen molar-refractivity contribution in [2.45, 2.75) is 50.2 Å². The minimum absolute atomic E-state index is 0.224. The van der Waals surface area contributed by atoms with Crippen molar-refractivity contribution in [1.82, 2.24) is 5.32 Å². The molecular formula is C11H18F5NO2S. The van der Waals surface area contributed by atoms with Crippen LogP contribution in [-0.2, 0) is 9.84 Å². The van der Waals surface area contributed by atoms with Gasteiger partial charge in [-0.25, -0.2) is 8.42 Å². The van der Waals surface area contributed by atoms with Crippen molar-refractivity contribution in [3.63, 3.8) is 0 Å². The molecule has 0 aromatic carbocycles. The van der Waals surface area contributed by atoms with E-state index in [2.05, 4.69) is 5.32 Å². The van der Waals surface area contributed by atoms with E-state index in [-0.39, 0.29) is 18.2 Å². The highest BCUT2D eigenvalue weighted by Crippen LogP contribution is 2.38. The van der Waals surface area contributed by atoms with Gasteiger partial charge in [0.15, 0.2) is 9.84 Å². The second-order valence-corrected chi connectivity index (χ2v) is 7.34. The van der Waals surface area contributed by atoms with Crippen LogP contribution in [0.15, 0.2) is 0 Å². The molecule has 0 aliphatic carbocycles. The summed E-state index contributed by atoms with van der Waals surface area (Å²) in [5.74, 6) is -6.44. The molecule has 9 heteroatoms. The Morgan fingerprint density at radius 1 is 1.10 bits per heavy atom. The quantitative estimate of drug-likeness (QED) is 0.732. The Labute approximate surface area is 114 Å². The molecule has 0 bridgehead atoms. The monoisotopic (exact) mass is 323 g/mol. The third-order valence-electron chi connectivity index (χ3n) is 3.31. The lowest BCUT2D eigenvalue weighted by Gasteiger charge is -2.19. The molecule has 0 saturated carbocycles. The molecule has 1 aliphatic rings. The van der Waals surface area contributed by atoms with Crippen LogP contribution in [0.2, 0.25) is 0 Å². The minimum atomic E-state index is -5.70. The minimum Gasteiger partial charge on any atom is -0.314 e. The largest absolute Gasteiger partial charge is 0.453 e. The molecular weight excluding hydrogens is 305 g/mol. The second kappa shape index (κ2) is 6.55. The summed E-state index contributed by atoms with van der Waals surface area (Å²) in [6.45, 7) is 0.870. The zero-order chi connectivity index (χ0) is 15.4. The maximum Gasteiger partial charge on any atom is 0.453 e. The van der Waals surface area contributed by atoms with E-state index in [1.54, 1.807) is 0 Å². The summed E-state index contributed by atoms with van der Waals surface area (Å²) in [4.78, 5) is 0. The maximum absolute atomic E-state index is 12.6. The van der Waals surface area contributed by atoms with E-state index in [4.69, 9.17) is 0 Å². The zero-order valence-electron chi connectivity index (χ0n) is 10.8. The second-order valence-electron chi connectivity index (χ2n) is 5.04. The van der Waals surface area contributed by atoms with Crippen LogP contribution in [0.5, 0.6) is 0 Å². The zero-order valence-corrected chi connectivity index (χ0v) is 11.7. The molecule has 0 spiro atoms. The first-order chi connectivity index (χ1) is 9.04. The van der Waals surface area contributed by atoms with Gasteiger partial charge in [-0.3, -0.25) is 0 Å². The number of alkyl halides is 5. The number of hydrogen-bond acceptors (Lipinski definition) is 3. The van der Waals surface area contributed by atoms with Gasteiger partial charge in [0.25, 0.3) is 0 Å². The SMILES string of the molecule is O=S(=O)(CCCC1CCCN1)CCC(F)(F)C(F)(F)F. The molecule has 0 amide bonds. The molecule has 1 rings (SSSR count). The molecule has 1 aliphatic heterocycles. The molecule has 0 aromatic rings. The van der Waals surface area contributed by atoms with Crippen molar-refractivity contribution in [1.29, 1.82) is 0 Å². The van der Waals surface area contributed by atoms with Gasteiger partial charge in [0.1, 0.15) is 0 Å². The molecule has 1 unspecified atom stereocenters. The third-order valence-corrected chi connectivity index (χ3v) is 5.05. The summed E-state index contributed by atoms with van der Waals surface area (Å²) < 4.78 is 83.9. The molecule has 1 saturated heterocycles. The summed E-state index contributed by atoms with van der Waals surface area (Å²) in [5, 5.41) is 3.16. The van der Waals surface area contributed by atoms with Gasteiger partial charge in [-0.1, -0.05) is 0 Å². The molecule has 0 radical (unpaired) electrons. The van der Waals surface area contributed by atoms with Gasteiger partial charge < -0.3 is 5.32 Å². The predicted molar refractivity (Wildman–Crippen MR) is 64.5 cm³/mol. The average Bonchev–Trinajstić information content (AvgIpc) is 2.78. The van der Waals surface area contributed by atoms with Crippen LogP contribution >= 0.6 is 0 Å². The first-order valence-corrected chi connectivity index (χ1v) is 8.24. The third kappa shape index (κ3) is 5.51. The fourth-order valence-corrected chi connectivity index (χ4v) is 3.46. The maximum atomic E-state index is 12.6. The summed E-state index contributed by atoms with van der Waals surface area (Å²) in [5.41, 5.74) is 0. The highest BCUT2D eigenvalue weighted by Gasteiger charge is 2.57. The lowest BCUT2D eigenvalue weighted by atomic mass is 10.1. The molecule has 1 N–H and O–H groups in total. The summed E-state index contributed by atoms with van der Waals surface area (Å²) >= 11 is 0. The van der Waals surface area contributed by atoms with Crippen LogP contribution in [0.4, 0.5) is 22.0 Å². The lowest BCUT2D eigenvalue weighted by Crippen LogP contribution is -2.38. The Bertz CT molecular complexity index is 402. The van der Waals surface area contributed by atoms with Gasteiger partial charge in [-0.2, -0.15) is 22.0 Å². The molecule has 120 valence electrons. The van der Waals surface area contributed by atoms with Crippen LogP contribution in [0.1, 0.15) is 32.1 Å². The number of sulfone groups is 1. The van der Waals surface area contributed by atoms with Gasteiger partial charge in [-0.15, -0.1) is 0 Å². The standard InChI is InChI=1S/C11H18F5NO2S/c12-10(13,11(14,15)16)5-8-20(18,19)7-2-4-9-3-1-6-17-9/h9,17H,1-8H2. The van der Waals surface area contributed by atoms with Crippen LogP contribution in [0, 0.1) is 0 Å². The van der Waals surface area contributed by atoms with Crippen molar-refractivity contribution in [2.75, 3.05) is 18.1 Å². The Hall–Kier alpha value is -0.440. The molecule has 0 aromatic heterocycles. The number of nitrogens with one attached hydrogen (secondary N) is 1. The van der Waals surface area contributed by atoms with Crippen LogP contribution < -0.4 is 5.32 Å². The van der Waals surface area contributed by atoms with Crippen molar-refractivity contribution in [3.8, 4) is 0 Å². The number of hydrogen-bond donors (Lipinski definition) is 1. The smallest absolute Gasteiger partial charge is 0.314 e. The van der Waals surface area contributed by atoms with Crippen molar-refractivity contribution >= 4 is 9.84 Å². The first-order valence-electron chi connectivity index (χ1n) is 6.42. The summed E-state index contributed by atoms with van der Waals surface area (Å²) in [7, 11) is -3.87. The summed E-state index contributed by atoms with van der Waals surface area (Å²) in [6, 6.07) is 0.224. The van der Waals surface area contributed by atoms with Crippen molar-refractivity contribution < 1.29 is 30.4 Å². The fourth-order valence-electron chi connectivity index (χ4n) is 2.08. The Kier molecular flexibility index (Phi) is 5.77. The van der Waals surface area contributed by atoms with Gasteiger partial charge in [-0.05, 0) is 32.2 Å². The van der Waals surface area contributed by atoms with E-state index < -0.39 is 34.1 Å². The highest BCUT2D eigenvalue weighted by atomic mass is 32.2. The Morgan fingerprint density at radius 3 is 2.25 bits per heavy atom. The van der Waals surface area contributed by atoms with Crippen LogP contribution in [0.3, 0.4) is 0 Å². The van der Waals surface area contributed by atoms with E-state index in [1.807, 2.05) is 0 Å². The number of rotatable bonds is 7. The molecule has 3 nitrogen and oxygen atoms in total. The van der Waals surface area contributed by atoms with Gasteiger partial charge >= 0.3 is 12.1 Å². The molecule has 1 atom stereocenters. The van der Waals surface area contributed by atoms with E-state index in [0.29, 0.717) is 6.42 Å². The van der Waals surface area contributed by atoms with Gasteiger partial charge in [0.05, 0.1) is 11.5 Å². The van der Waals surface area contributed by atoms with E-state index >= 15 is 0 Å². The Morgan fingerprint density at radius 2 is 1.75 bits per heavy atom. The fraction of sp³-hybridized carbons (Fsp3) is 1.00. The van der Waals surface area contributed by atoms with E-state index in [9.17, 15) is 30.4 Å². The molecule has 1 fully saturated rings. The Balaban J connectivity index is 2.34. The highest BCUT2D eigenvalue weighted by molar-refractivity contribution is 7.91. The topological polar surface area (TPSA) is 46.2 Å². The van der Waals surface area contributed by atoms with E-state index in [0.717, 1.165) is 19.4 Å².